The maximum absolute atomic E-state index is 3.00. The second kappa shape index (κ2) is 190. The molecule has 0 aromatic rings. The third-order valence-corrected chi connectivity index (χ3v) is 0. The average Bonchev–Trinajstić information content (AvgIpc) is 1.81. The standard InChI is InChI=1S/3C2H4.B/c3*1-2;/h3*1-2H2;. The van der Waals surface area contributed by atoms with Crippen molar-refractivity contribution in [2.45, 2.75) is 0 Å². The van der Waals surface area contributed by atoms with Crippen LogP contribution in [0.25, 0.3) is 0 Å². The van der Waals surface area contributed by atoms with Crippen LogP contribution in [0.2, 0.25) is 0 Å². The molecule has 0 bridgehead atoms. The lowest BCUT2D eigenvalue weighted by molar-refractivity contribution is 2.81. The van der Waals surface area contributed by atoms with E-state index in [1.807, 2.05) is 0 Å². The van der Waals surface area contributed by atoms with Gasteiger partial charge in [-0.25, -0.2) is 0 Å². The topological polar surface area (TPSA) is 0 Å². The fourth-order valence-electron chi connectivity index (χ4n) is 0. The van der Waals surface area contributed by atoms with Crippen molar-refractivity contribution in [3.63, 3.8) is 0 Å². The molecule has 0 fully saturated rings. The first-order valence-electron chi connectivity index (χ1n) is 1.50. The summed E-state index contributed by atoms with van der Waals surface area (Å²) < 4.78 is 0. The highest BCUT2D eigenvalue weighted by Gasteiger charge is 0.605. The van der Waals surface area contributed by atoms with Gasteiger partial charge in [0.25, 0.3) is 0 Å². The van der Waals surface area contributed by atoms with Gasteiger partial charge in [0.2, 0.25) is 0 Å². The minimum Gasteiger partial charge on any atom is -0.106 e. The third-order valence-electron chi connectivity index (χ3n) is 0. The summed E-state index contributed by atoms with van der Waals surface area (Å²) >= 11 is 0. The minimum absolute atomic E-state index is 0. The number of hydrogen-bond acceptors (Lipinski definition) is 0. The molecule has 0 nitrogen and oxygen atoms in total. The molecule has 1 heteroatoms. The third kappa shape index (κ3) is 112. The van der Waals surface area contributed by atoms with E-state index in [2.05, 4.69) is 39.5 Å². The normalized spacial score (nSPS) is 1.71. The molecule has 0 amide bonds. The molecule has 7 heavy (non-hydrogen) atoms. The molecular weight excluding hydrogens is 82.9 g/mol. The fourth-order valence-corrected chi connectivity index (χ4v) is 0. The van der Waals surface area contributed by atoms with Crippen LogP contribution in [0.1, 0.15) is 0 Å². The van der Waals surface area contributed by atoms with Crippen LogP contribution in [0.5, 0.6) is 0 Å². The highest BCUT2D eigenvalue weighted by atomic mass is 12.7. The zero-order valence-electron chi connectivity index (χ0n) is 4.82. The second-order valence-electron chi connectivity index (χ2n) is 0. The molecule has 0 rings (SSSR count). The van der Waals surface area contributed by atoms with Crippen LogP contribution in [0.15, 0.2) is 39.5 Å². The molecule has 0 aliphatic rings. The maximum atomic E-state index is 3.00. The van der Waals surface area contributed by atoms with Crippen molar-refractivity contribution in [3.8, 4) is 0 Å². The van der Waals surface area contributed by atoms with Gasteiger partial charge in [0.1, 0.15) is 0 Å². The molecule has 0 aromatic carbocycles. The minimum atomic E-state index is 0. The van der Waals surface area contributed by atoms with Crippen molar-refractivity contribution in [2.24, 2.45) is 0 Å². The molecule has 0 saturated carbocycles. The Bertz CT molecular complexity index is 8.90. The summed E-state index contributed by atoms with van der Waals surface area (Å²) in [5.41, 5.74) is 0. The Labute approximate surface area is 48.8 Å². The molecule has 0 heterocycles. The molecule has 0 N–H and O–H groups in total. The lowest BCUT2D eigenvalue weighted by atomic mass is 10.8. The second-order valence-corrected chi connectivity index (χ2v) is 0. The summed E-state index contributed by atoms with van der Waals surface area (Å²) in [6.07, 6.45) is 0. The van der Waals surface area contributed by atoms with E-state index in [9.17, 15) is 0 Å². The van der Waals surface area contributed by atoms with Gasteiger partial charge in [-0.2, -0.15) is 0 Å². The molecule has 0 atom stereocenters. The van der Waals surface area contributed by atoms with E-state index in [1.54, 1.807) is 0 Å². The van der Waals surface area contributed by atoms with Gasteiger partial charge in [-0.3, -0.25) is 0 Å². The van der Waals surface area contributed by atoms with Gasteiger partial charge in [0.05, 0.1) is 0 Å². The molecule has 3 radical (unpaired) electrons. The quantitative estimate of drug-likeness (QED) is 0.319. The van der Waals surface area contributed by atoms with Gasteiger partial charge in [-0.05, 0) is 0 Å². The molecule has 0 saturated heterocycles. The lowest BCUT2D eigenvalue weighted by Crippen LogP contribution is -0.552. The number of rotatable bonds is 0. The predicted octanol–water partition coefficient (Wildman–Crippen LogP) is 2.03. The predicted molar refractivity (Wildman–Crippen MR) is 39.5 cm³/mol. The lowest BCUT2D eigenvalue weighted by Gasteiger charge is -0.813. The first kappa shape index (κ1) is 33.6. The first-order valence-corrected chi connectivity index (χ1v) is 1.50. The van der Waals surface area contributed by atoms with Crippen LogP contribution >= 0.6 is 0 Å². The largest absolute Gasteiger partial charge is 0.106 e. The molecular formula is C6H12B. The van der Waals surface area contributed by atoms with E-state index >= 15 is 0 Å². The van der Waals surface area contributed by atoms with E-state index < -0.39 is 0 Å². The van der Waals surface area contributed by atoms with Gasteiger partial charge >= 0.3 is 0 Å². The summed E-state index contributed by atoms with van der Waals surface area (Å²) in [7, 11) is 0. The molecule has 0 aliphatic carbocycles. The Balaban J connectivity index is -0.00000000900. The Morgan fingerprint density at radius 3 is 0.429 bits per heavy atom. The van der Waals surface area contributed by atoms with Crippen LogP contribution in [-0.2, 0) is 0 Å². The smallest absolute Gasteiger partial charge is 0 e. The summed E-state index contributed by atoms with van der Waals surface area (Å²) in [5.74, 6) is 0. The molecule has 0 spiro atoms. The van der Waals surface area contributed by atoms with Gasteiger partial charge in [-0.1, -0.05) is 0 Å². The van der Waals surface area contributed by atoms with Crippen LogP contribution < -0.4 is 0 Å². The number of hydrogen-bond donors (Lipinski definition) is 0. The summed E-state index contributed by atoms with van der Waals surface area (Å²) in [6, 6.07) is 0. The van der Waals surface area contributed by atoms with Crippen molar-refractivity contribution in [1.82, 2.24) is 0 Å². The Hall–Kier alpha value is -0.715. The van der Waals surface area contributed by atoms with Crippen molar-refractivity contribution in [1.29, 1.82) is 0 Å². The highest BCUT2D eigenvalue weighted by Crippen LogP contribution is 0.866. The van der Waals surface area contributed by atoms with Crippen molar-refractivity contribution >= 4 is 8.41 Å². The van der Waals surface area contributed by atoms with Crippen LogP contribution in [0.3, 0.4) is 0 Å². The summed E-state index contributed by atoms with van der Waals surface area (Å²) in [6.45, 7) is 18.0. The van der Waals surface area contributed by atoms with Crippen molar-refractivity contribution < 1.29 is 0 Å². The fraction of sp³-hybridized carbons (Fsp3) is 0. The van der Waals surface area contributed by atoms with Gasteiger partial charge in [-0.15, -0.1) is 39.5 Å². The Morgan fingerprint density at radius 1 is 0.429 bits per heavy atom. The van der Waals surface area contributed by atoms with E-state index in [-0.39, 0.29) is 8.41 Å². The van der Waals surface area contributed by atoms with Gasteiger partial charge in [0.15, 0.2) is 0 Å². The van der Waals surface area contributed by atoms with Crippen LogP contribution in [0, 0.1) is 0 Å². The average molecular weight is 95.0 g/mol. The molecule has 39 valence electrons. The van der Waals surface area contributed by atoms with Crippen molar-refractivity contribution in [3.05, 3.63) is 39.5 Å². The van der Waals surface area contributed by atoms with Gasteiger partial charge in [0, 0.05) is 8.41 Å². The van der Waals surface area contributed by atoms with Crippen LogP contribution in [0.4, 0.5) is 0 Å². The van der Waals surface area contributed by atoms with Crippen molar-refractivity contribution in [2.75, 3.05) is 0 Å². The SMILES string of the molecule is C=C.C=C.C=C.[B]. The highest BCUT2D eigenvalue weighted by molar-refractivity contribution is 5.75. The van der Waals surface area contributed by atoms with E-state index in [0.717, 1.165) is 0 Å². The first-order chi connectivity index (χ1) is 3.00. The zero-order valence-corrected chi connectivity index (χ0v) is 4.82. The monoisotopic (exact) mass is 95.1 g/mol. The van der Waals surface area contributed by atoms with Gasteiger partial charge < -0.3 is 0 Å². The Morgan fingerprint density at radius 2 is 0.429 bits per heavy atom. The van der Waals surface area contributed by atoms with Crippen LogP contribution in [-0.4, -0.2) is 8.41 Å². The van der Waals surface area contributed by atoms with E-state index in [1.165, 1.54) is 0 Å². The maximum Gasteiger partial charge on any atom is 0 e. The summed E-state index contributed by atoms with van der Waals surface area (Å²) in [4.78, 5) is 0. The van der Waals surface area contributed by atoms with E-state index in [0.29, 0.717) is 0 Å². The Kier molecular flexibility index (Phi) is 912. The van der Waals surface area contributed by atoms with E-state index in [4.69, 9.17) is 0 Å². The molecule has 0 unspecified atom stereocenters. The summed E-state index contributed by atoms with van der Waals surface area (Å²) in [5, 5.41) is 0. The zero-order chi connectivity index (χ0) is 6.00. The molecule has 0 aliphatic heterocycles. The molecule has 0 aromatic heterocycles.